The summed E-state index contributed by atoms with van der Waals surface area (Å²) in [6.07, 6.45) is 0. The Balaban J connectivity index is 1.56. The number of hydrogen-bond acceptors (Lipinski definition) is 3. The fourth-order valence-electron chi connectivity index (χ4n) is 5.81. The van der Waals surface area contributed by atoms with Crippen LogP contribution in [0.15, 0.2) is 97.1 Å². The lowest BCUT2D eigenvalue weighted by Crippen LogP contribution is -1.93. The minimum Gasteiger partial charge on any atom is -0.507 e. The van der Waals surface area contributed by atoms with Crippen molar-refractivity contribution in [1.82, 2.24) is 0 Å². The van der Waals surface area contributed by atoms with E-state index in [0.29, 0.717) is 0 Å². The molecule has 1 aliphatic carbocycles. The highest BCUT2D eigenvalue weighted by Gasteiger charge is 2.53. The van der Waals surface area contributed by atoms with Crippen LogP contribution in [0, 0.1) is 0 Å². The molecule has 3 heteroatoms. The van der Waals surface area contributed by atoms with Gasteiger partial charge in [-0.05, 0) is 32.7 Å². The molecule has 0 amide bonds. The van der Waals surface area contributed by atoms with E-state index in [4.69, 9.17) is 0 Å². The zero-order valence-electron chi connectivity index (χ0n) is 18.2. The zero-order valence-corrected chi connectivity index (χ0v) is 18.2. The smallest absolute Gasteiger partial charge is 0.149 e. The number of fused-ring (bicyclic) bond motifs is 4. The van der Waals surface area contributed by atoms with Gasteiger partial charge in [0.25, 0.3) is 0 Å². The molecule has 2 unspecified atom stereocenters. The van der Waals surface area contributed by atoms with Crippen molar-refractivity contribution in [3.63, 3.8) is 0 Å². The number of Topliss-reactive ketones (excluding diaryl/α,β-unsaturated/α-hetero) is 1. The molecule has 7 rings (SSSR count). The van der Waals surface area contributed by atoms with Gasteiger partial charge in [-0.25, -0.2) is 0 Å². The second-order valence-electron chi connectivity index (χ2n) is 9.06. The lowest BCUT2D eigenvalue weighted by molar-refractivity contribution is -0.110. The molecule has 0 saturated heterocycles. The maximum Gasteiger partial charge on any atom is 0.149 e. The van der Waals surface area contributed by atoms with Crippen LogP contribution >= 0.6 is 0 Å². The van der Waals surface area contributed by atoms with Gasteiger partial charge in [0.2, 0.25) is 0 Å². The molecule has 0 aliphatic heterocycles. The molecule has 162 valence electrons. The average Bonchev–Trinajstić information content (AvgIpc) is 3.54. The first-order valence-corrected chi connectivity index (χ1v) is 11.4. The van der Waals surface area contributed by atoms with Gasteiger partial charge < -0.3 is 10.2 Å². The van der Waals surface area contributed by atoms with Crippen LogP contribution in [0.5, 0.6) is 11.5 Å². The monoisotopic (exact) mass is 440 g/mol. The summed E-state index contributed by atoms with van der Waals surface area (Å²) in [5.41, 5.74) is 1.94. The fraction of sp³-hybridized carbons (Fsp3) is 0.0645. The summed E-state index contributed by atoms with van der Waals surface area (Å²) in [6.45, 7) is 0. The summed E-state index contributed by atoms with van der Waals surface area (Å²) in [4.78, 5) is 13.6. The molecular formula is C31H20O3. The molecule has 0 bridgehead atoms. The van der Waals surface area contributed by atoms with E-state index in [1.807, 2.05) is 97.1 Å². The maximum atomic E-state index is 13.6. The Kier molecular flexibility index (Phi) is 3.83. The van der Waals surface area contributed by atoms with Crippen LogP contribution in [-0.2, 0) is 4.79 Å². The second-order valence-corrected chi connectivity index (χ2v) is 9.06. The number of carbonyl (C=O) groups is 1. The lowest BCUT2D eigenvalue weighted by atomic mass is 9.88. The Morgan fingerprint density at radius 3 is 0.912 bits per heavy atom. The van der Waals surface area contributed by atoms with Gasteiger partial charge in [-0.15, -0.1) is 0 Å². The van der Waals surface area contributed by atoms with Crippen molar-refractivity contribution in [2.75, 3.05) is 0 Å². The molecule has 2 atom stereocenters. The molecule has 2 N–H and O–H groups in total. The highest BCUT2D eigenvalue weighted by molar-refractivity contribution is 6.22. The van der Waals surface area contributed by atoms with Crippen LogP contribution in [0.25, 0.3) is 43.1 Å². The van der Waals surface area contributed by atoms with Gasteiger partial charge in [0.1, 0.15) is 17.3 Å². The third kappa shape index (κ3) is 2.44. The lowest BCUT2D eigenvalue weighted by Gasteiger charge is -2.15. The molecule has 6 aromatic carbocycles. The van der Waals surface area contributed by atoms with Crippen molar-refractivity contribution in [2.24, 2.45) is 0 Å². The predicted octanol–water partition coefficient (Wildman–Crippen LogP) is 7.16. The highest BCUT2D eigenvalue weighted by Crippen LogP contribution is 2.58. The van der Waals surface area contributed by atoms with Crippen LogP contribution in [0.4, 0.5) is 0 Å². The molecule has 3 nitrogen and oxygen atoms in total. The van der Waals surface area contributed by atoms with E-state index in [1.165, 1.54) is 0 Å². The molecule has 0 radical (unpaired) electrons. The number of hydrogen-bond donors (Lipinski definition) is 2. The van der Waals surface area contributed by atoms with Crippen molar-refractivity contribution in [3.8, 4) is 11.5 Å². The van der Waals surface area contributed by atoms with Crippen LogP contribution in [0.1, 0.15) is 23.0 Å². The molecule has 1 saturated carbocycles. The Morgan fingerprint density at radius 1 is 0.412 bits per heavy atom. The van der Waals surface area contributed by atoms with Gasteiger partial charge in [-0.3, -0.25) is 4.79 Å². The standard InChI is InChI=1S/C31H20O3/c32-29-21-13-5-1-9-17(21)25(18-10-2-6-14-22(18)29)27-28(31(27)34)26-19-11-3-7-15-23(19)30(33)24-16-8-4-12-20(24)26/h1-16,27-28,32-33H. The Labute approximate surface area is 195 Å². The van der Waals surface area contributed by atoms with Crippen LogP contribution in [-0.4, -0.2) is 16.0 Å². The molecule has 34 heavy (non-hydrogen) atoms. The second kappa shape index (κ2) is 6.82. The topological polar surface area (TPSA) is 57.5 Å². The van der Waals surface area contributed by atoms with E-state index in [9.17, 15) is 15.0 Å². The molecule has 0 spiro atoms. The Morgan fingerprint density at radius 2 is 0.647 bits per heavy atom. The first kappa shape index (κ1) is 19.1. The van der Waals surface area contributed by atoms with Crippen molar-refractivity contribution in [1.29, 1.82) is 0 Å². The molecule has 1 fully saturated rings. The third-order valence-corrected chi connectivity index (χ3v) is 7.35. The van der Waals surface area contributed by atoms with E-state index < -0.39 is 0 Å². The van der Waals surface area contributed by atoms with E-state index in [1.54, 1.807) is 0 Å². The average molecular weight is 440 g/mol. The SMILES string of the molecule is O=C1C(c2c3ccccc3c(O)c3ccccc23)C1c1c2ccccc2c(O)c2ccccc12. The summed E-state index contributed by atoms with van der Waals surface area (Å²) in [5.74, 6) is 0.0424. The summed E-state index contributed by atoms with van der Waals surface area (Å²) < 4.78 is 0. The van der Waals surface area contributed by atoms with Gasteiger partial charge in [-0.1, -0.05) is 97.1 Å². The minimum absolute atomic E-state index is 0.169. The van der Waals surface area contributed by atoms with Crippen molar-refractivity contribution >= 4 is 48.9 Å². The fourth-order valence-corrected chi connectivity index (χ4v) is 5.81. The third-order valence-electron chi connectivity index (χ3n) is 7.35. The number of aromatic hydroxyl groups is 2. The van der Waals surface area contributed by atoms with E-state index in [2.05, 4.69) is 0 Å². The van der Waals surface area contributed by atoms with E-state index >= 15 is 0 Å². The van der Waals surface area contributed by atoms with Crippen LogP contribution in [0.2, 0.25) is 0 Å². The largest absolute Gasteiger partial charge is 0.507 e. The molecule has 0 heterocycles. The van der Waals surface area contributed by atoms with Crippen LogP contribution < -0.4 is 0 Å². The first-order valence-electron chi connectivity index (χ1n) is 11.4. The molecule has 1 aliphatic rings. The number of ketones is 1. The van der Waals surface area contributed by atoms with E-state index in [-0.39, 0.29) is 29.1 Å². The minimum atomic E-state index is -0.313. The number of rotatable bonds is 2. The van der Waals surface area contributed by atoms with Crippen molar-refractivity contribution < 1.29 is 15.0 Å². The molecular weight excluding hydrogens is 420 g/mol. The quantitative estimate of drug-likeness (QED) is 0.281. The normalized spacial score (nSPS) is 17.7. The van der Waals surface area contributed by atoms with E-state index in [0.717, 1.165) is 54.2 Å². The number of benzene rings is 6. The summed E-state index contributed by atoms with van der Waals surface area (Å²) in [6, 6.07) is 31.1. The zero-order chi connectivity index (χ0) is 23.0. The van der Waals surface area contributed by atoms with Gasteiger partial charge in [0.05, 0.1) is 11.8 Å². The van der Waals surface area contributed by atoms with Crippen LogP contribution in [0.3, 0.4) is 0 Å². The molecule has 6 aromatic rings. The summed E-state index contributed by atoms with van der Waals surface area (Å²) >= 11 is 0. The number of phenolic OH excluding ortho intramolecular Hbond substituents is 2. The van der Waals surface area contributed by atoms with Gasteiger partial charge in [-0.2, -0.15) is 0 Å². The Hall–Kier alpha value is -4.37. The summed E-state index contributed by atoms with van der Waals surface area (Å²) in [7, 11) is 0. The van der Waals surface area contributed by atoms with Crippen molar-refractivity contribution in [2.45, 2.75) is 11.8 Å². The number of phenols is 2. The Bertz CT molecular complexity index is 1570. The maximum absolute atomic E-state index is 13.6. The first-order chi connectivity index (χ1) is 16.7. The van der Waals surface area contributed by atoms with Gasteiger partial charge >= 0.3 is 0 Å². The molecule has 0 aromatic heterocycles. The summed E-state index contributed by atoms with van der Waals surface area (Å²) in [5, 5.41) is 28.6. The number of carbonyl (C=O) groups excluding carboxylic acids is 1. The van der Waals surface area contributed by atoms with Gasteiger partial charge in [0.15, 0.2) is 0 Å². The predicted molar refractivity (Wildman–Crippen MR) is 137 cm³/mol. The highest BCUT2D eigenvalue weighted by atomic mass is 16.3. The van der Waals surface area contributed by atoms with Gasteiger partial charge in [0, 0.05) is 21.5 Å². The van der Waals surface area contributed by atoms with Crippen molar-refractivity contribution in [3.05, 3.63) is 108 Å².